The Balaban J connectivity index is 1.67. The van der Waals surface area contributed by atoms with Crippen molar-refractivity contribution in [3.05, 3.63) is 68.7 Å². The minimum Gasteiger partial charge on any atom is -0.449 e. The number of fused-ring (bicyclic) bond motifs is 2. The van der Waals surface area contributed by atoms with E-state index >= 15 is 0 Å². The highest BCUT2D eigenvalue weighted by atomic mass is 79.9. The van der Waals surface area contributed by atoms with Crippen LogP contribution in [0, 0.1) is 0 Å². The summed E-state index contributed by atoms with van der Waals surface area (Å²) in [7, 11) is 0. The Morgan fingerprint density at radius 1 is 1.24 bits per heavy atom. The molecule has 128 valence electrons. The van der Waals surface area contributed by atoms with Gasteiger partial charge in [0.05, 0.1) is 22.7 Å². The van der Waals surface area contributed by atoms with Gasteiger partial charge in [0.25, 0.3) is 5.91 Å². The van der Waals surface area contributed by atoms with Gasteiger partial charge in [-0.2, -0.15) is 0 Å². The zero-order valence-corrected chi connectivity index (χ0v) is 15.6. The molecule has 6 heteroatoms. The molecule has 0 aliphatic carbocycles. The number of carbonyl (C=O) groups is 2. The molecule has 2 aromatic rings. The summed E-state index contributed by atoms with van der Waals surface area (Å²) in [5.74, 6) is -0.462. The summed E-state index contributed by atoms with van der Waals surface area (Å²) >= 11 is 9.59. The summed E-state index contributed by atoms with van der Waals surface area (Å²) < 4.78 is 6.55. The second-order valence-electron chi connectivity index (χ2n) is 6.38. The third-order valence-electron chi connectivity index (χ3n) is 4.83. The fourth-order valence-corrected chi connectivity index (χ4v) is 4.24. The first-order valence-corrected chi connectivity index (χ1v) is 9.24. The molecule has 0 bridgehead atoms. The topological polar surface area (TPSA) is 46.6 Å². The lowest BCUT2D eigenvalue weighted by Gasteiger charge is -2.39. The van der Waals surface area contributed by atoms with Gasteiger partial charge in [0, 0.05) is 16.6 Å². The lowest BCUT2D eigenvalue weighted by molar-refractivity contribution is -0.0442. The number of carbonyl (C=O) groups excluding carboxylic acids is 2. The number of halogens is 2. The second-order valence-corrected chi connectivity index (χ2v) is 7.71. The van der Waals surface area contributed by atoms with Crippen molar-refractivity contribution in [2.45, 2.75) is 18.4 Å². The molecule has 1 fully saturated rings. The average molecular weight is 421 g/mol. The molecule has 2 aromatic carbocycles. The van der Waals surface area contributed by atoms with Gasteiger partial charge >= 0.3 is 5.97 Å². The monoisotopic (exact) mass is 419 g/mol. The summed E-state index contributed by atoms with van der Waals surface area (Å²) in [5.41, 5.74) is 1.17. The third-order valence-corrected chi connectivity index (χ3v) is 5.65. The van der Waals surface area contributed by atoms with Crippen molar-refractivity contribution in [2.75, 3.05) is 13.1 Å². The minimum atomic E-state index is -0.750. The summed E-state index contributed by atoms with van der Waals surface area (Å²) in [6.45, 7) is 0.959. The molecule has 4 rings (SSSR count). The van der Waals surface area contributed by atoms with E-state index in [-0.39, 0.29) is 11.9 Å². The van der Waals surface area contributed by atoms with Gasteiger partial charge in [-0.05, 0) is 37.1 Å². The molecule has 0 N–H and O–H groups in total. The van der Waals surface area contributed by atoms with Crippen LogP contribution in [0.3, 0.4) is 0 Å². The van der Waals surface area contributed by atoms with Crippen molar-refractivity contribution in [1.29, 1.82) is 0 Å². The summed E-state index contributed by atoms with van der Waals surface area (Å²) in [6, 6.07) is 12.6. The molecular formula is C19H15BrClNO3. The normalized spacial score (nSPS) is 22.0. The van der Waals surface area contributed by atoms with Gasteiger partial charge in [-0.3, -0.25) is 4.79 Å². The Hall–Kier alpha value is -1.85. The maximum absolute atomic E-state index is 13.0. The number of nitrogens with zero attached hydrogens (tertiary/aromatic N) is 1. The highest BCUT2D eigenvalue weighted by molar-refractivity contribution is 9.10. The number of hydrogen-bond donors (Lipinski definition) is 0. The maximum atomic E-state index is 13.0. The zero-order valence-electron chi connectivity index (χ0n) is 13.3. The number of piperidine rings is 1. The van der Waals surface area contributed by atoms with Gasteiger partial charge in [0.1, 0.15) is 0 Å². The van der Waals surface area contributed by atoms with Crippen LogP contribution in [0.25, 0.3) is 0 Å². The van der Waals surface area contributed by atoms with Crippen LogP contribution in [0.5, 0.6) is 0 Å². The fourth-order valence-electron chi connectivity index (χ4n) is 3.68. The Kier molecular flexibility index (Phi) is 4.08. The predicted molar refractivity (Wildman–Crippen MR) is 97.8 cm³/mol. The van der Waals surface area contributed by atoms with Crippen molar-refractivity contribution in [3.63, 3.8) is 0 Å². The predicted octanol–water partition coefficient (Wildman–Crippen LogP) is 4.40. The van der Waals surface area contributed by atoms with Gasteiger partial charge in [0.2, 0.25) is 0 Å². The van der Waals surface area contributed by atoms with E-state index in [0.29, 0.717) is 35.7 Å². The number of hydrogen-bond acceptors (Lipinski definition) is 3. The minimum absolute atomic E-state index is 0.147. The Labute approximate surface area is 158 Å². The molecular weight excluding hydrogens is 406 g/mol. The number of amides is 1. The highest BCUT2D eigenvalue weighted by Gasteiger charge is 2.48. The van der Waals surface area contributed by atoms with E-state index in [2.05, 4.69) is 15.9 Å². The Morgan fingerprint density at radius 3 is 2.88 bits per heavy atom. The molecule has 25 heavy (non-hydrogen) atoms. The average Bonchev–Trinajstić information content (AvgIpc) is 2.88. The molecule has 2 heterocycles. The summed E-state index contributed by atoms with van der Waals surface area (Å²) in [6.07, 6.45) is 1.48. The van der Waals surface area contributed by atoms with Gasteiger partial charge in [-0.25, -0.2) is 4.79 Å². The number of ether oxygens (including phenoxy) is 1. The zero-order chi connectivity index (χ0) is 17.6. The van der Waals surface area contributed by atoms with E-state index in [1.54, 1.807) is 29.2 Å². The number of benzene rings is 2. The van der Waals surface area contributed by atoms with E-state index in [4.69, 9.17) is 16.3 Å². The van der Waals surface area contributed by atoms with Crippen LogP contribution < -0.4 is 0 Å². The van der Waals surface area contributed by atoms with Crippen molar-refractivity contribution in [3.8, 4) is 0 Å². The van der Waals surface area contributed by atoms with Crippen LogP contribution in [-0.2, 0) is 10.3 Å². The smallest absolute Gasteiger partial charge is 0.339 e. The van der Waals surface area contributed by atoms with Crippen LogP contribution >= 0.6 is 27.5 Å². The number of rotatable bonds is 1. The van der Waals surface area contributed by atoms with Crippen LogP contribution in [0.1, 0.15) is 39.1 Å². The molecule has 4 nitrogen and oxygen atoms in total. The van der Waals surface area contributed by atoms with E-state index in [1.165, 1.54) is 0 Å². The fraction of sp³-hybridized carbons (Fsp3) is 0.263. The van der Waals surface area contributed by atoms with Crippen LogP contribution in [0.4, 0.5) is 0 Å². The van der Waals surface area contributed by atoms with E-state index in [0.717, 1.165) is 16.5 Å². The molecule has 0 saturated carbocycles. The molecule has 1 spiro atoms. The van der Waals surface area contributed by atoms with Crippen molar-refractivity contribution < 1.29 is 14.3 Å². The van der Waals surface area contributed by atoms with Gasteiger partial charge in [0.15, 0.2) is 5.60 Å². The Bertz CT molecular complexity index is 885. The first kappa shape index (κ1) is 16.6. The van der Waals surface area contributed by atoms with E-state index in [1.807, 2.05) is 18.2 Å². The van der Waals surface area contributed by atoms with E-state index in [9.17, 15) is 9.59 Å². The molecule has 0 aromatic heterocycles. The van der Waals surface area contributed by atoms with E-state index < -0.39 is 5.60 Å². The molecule has 2 aliphatic rings. The lowest BCUT2D eigenvalue weighted by Crippen LogP contribution is -2.48. The van der Waals surface area contributed by atoms with Crippen molar-refractivity contribution in [2.24, 2.45) is 0 Å². The summed E-state index contributed by atoms with van der Waals surface area (Å²) in [4.78, 5) is 26.9. The molecule has 1 atom stereocenters. The molecule has 0 radical (unpaired) electrons. The largest absolute Gasteiger partial charge is 0.449 e. The molecule has 2 aliphatic heterocycles. The maximum Gasteiger partial charge on any atom is 0.339 e. The van der Waals surface area contributed by atoms with Crippen LogP contribution in [0.2, 0.25) is 5.02 Å². The highest BCUT2D eigenvalue weighted by Crippen LogP contribution is 2.43. The van der Waals surface area contributed by atoms with Gasteiger partial charge in [-0.15, -0.1) is 0 Å². The first-order valence-electron chi connectivity index (χ1n) is 8.07. The Morgan fingerprint density at radius 2 is 2.04 bits per heavy atom. The second kappa shape index (κ2) is 6.15. The van der Waals surface area contributed by atoms with Crippen molar-refractivity contribution in [1.82, 2.24) is 4.90 Å². The van der Waals surface area contributed by atoms with Crippen LogP contribution in [0.15, 0.2) is 46.9 Å². The molecule has 1 unspecified atom stereocenters. The number of esters is 1. The van der Waals surface area contributed by atoms with Gasteiger partial charge in [-0.1, -0.05) is 45.7 Å². The van der Waals surface area contributed by atoms with Crippen LogP contribution in [-0.4, -0.2) is 29.9 Å². The SMILES string of the molecule is O=C1OC2(CCCN(C(=O)c3cc(Br)ccc3Cl)C2)c2ccccc21. The van der Waals surface area contributed by atoms with Crippen molar-refractivity contribution >= 4 is 39.4 Å². The lowest BCUT2D eigenvalue weighted by atomic mass is 9.85. The quantitative estimate of drug-likeness (QED) is 0.642. The van der Waals surface area contributed by atoms with Gasteiger partial charge < -0.3 is 9.64 Å². The summed E-state index contributed by atoms with van der Waals surface area (Å²) in [5, 5.41) is 0.414. The third kappa shape index (κ3) is 2.75. The first-order chi connectivity index (χ1) is 12.0. The number of likely N-dealkylation sites (tertiary alicyclic amines) is 1. The molecule has 1 amide bonds. The standard InChI is InChI=1S/C19H15BrClNO3/c20-12-6-7-16(21)14(10-12)17(23)22-9-3-8-19(11-22)15-5-2-1-4-13(15)18(24)25-19/h1-2,4-7,10H,3,8-9,11H2. The molecule has 1 saturated heterocycles.